The SMILES string of the molecule is CCNC(=NCCC(O)c1ccccc1)N(C)C. The first-order valence-electron chi connectivity index (χ1n) is 6.33. The van der Waals surface area contributed by atoms with Crippen molar-refractivity contribution >= 4 is 5.96 Å². The molecule has 0 aliphatic carbocycles. The van der Waals surface area contributed by atoms with Crippen LogP contribution in [0.2, 0.25) is 0 Å². The second-order valence-corrected chi connectivity index (χ2v) is 4.35. The Balaban J connectivity index is 2.47. The smallest absolute Gasteiger partial charge is 0.193 e. The molecule has 1 atom stereocenters. The van der Waals surface area contributed by atoms with Crippen LogP contribution in [-0.4, -0.2) is 43.2 Å². The molecule has 1 aromatic rings. The number of hydrogen-bond acceptors (Lipinski definition) is 2. The fraction of sp³-hybridized carbons (Fsp3) is 0.500. The Morgan fingerprint density at radius 1 is 1.33 bits per heavy atom. The molecule has 0 saturated heterocycles. The summed E-state index contributed by atoms with van der Waals surface area (Å²) in [7, 11) is 3.91. The Hall–Kier alpha value is -1.55. The van der Waals surface area contributed by atoms with Crippen LogP contribution < -0.4 is 5.32 Å². The maximum Gasteiger partial charge on any atom is 0.193 e. The average Bonchev–Trinajstić information content (AvgIpc) is 2.38. The molecule has 0 aliphatic heterocycles. The quantitative estimate of drug-likeness (QED) is 0.616. The third kappa shape index (κ3) is 4.75. The van der Waals surface area contributed by atoms with Crippen LogP contribution in [0.1, 0.15) is 25.0 Å². The van der Waals surface area contributed by atoms with Crippen molar-refractivity contribution in [2.75, 3.05) is 27.2 Å². The molecule has 0 fully saturated rings. The van der Waals surface area contributed by atoms with Gasteiger partial charge in [0.05, 0.1) is 6.10 Å². The molecule has 0 bridgehead atoms. The zero-order valence-corrected chi connectivity index (χ0v) is 11.4. The van der Waals surface area contributed by atoms with Crippen LogP contribution in [0.3, 0.4) is 0 Å². The molecule has 1 unspecified atom stereocenters. The van der Waals surface area contributed by atoms with Crippen molar-refractivity contribution in [2.45, 2.75) is 19.4 Å². The number of aliphatic hydroxyl groups excluding tert-OH is 1. The first-order valence-corrected chi connectivity index (χ1v) is 6.33. The Bertz CT molecular complexity index is 363. The summed E-state index contributed by atoms with van der Waals surface area (Å²) in [6.07, 6.45) is 0.187. The Morgan fingerprint density at radius 2 is 2.00 bits per heavy atom. The molecule has 0 heterocycles. The van der Waals surface area contributed by atoms with Gasteiger partial charge in [0.2, 0.25) is 0 Å². The summed E-state index contributed by atoms with van der Waals surface area (Å²) in [5, 5.41) is 13.2. The number of benzene rings is 1. The summed E-state index contributed by atoms with van der Waals surface area (Å²) in [5.74, 6) is 0.859. The van der Waals surface area contributed by atoms with Gasteiger partial charge in [-0.05, 0) is 18.9 Å². The third-order valence-electron chi connectivity index (χ3n) is 2.61. The van der Waals surface area contributed by atoms with E-state index in [1.165, 1.54) is 0 Å². The van der Waals surface area contributed by atoms with Gasteiger partial charge in [-0.25, -0.2) is 0 Å². The molecule has 4 nitrogen and oxygen atoms in total. The van der Waals surface area contributed by atoms with Gasteiger partial charge in [-0.3, -0.25) is 4.99 Å². The molecule has 2 N–H and O–H groups in total. The summed E-state index contributed by atoms with van der Waals surface area (Å²) in [6.45, 7) is 3.49. The highest BCUT2D eigenvalue weighted by atomic mass is 16.3. The van der Waals surface area contributed by atoms with Crippen LogP contribution in [0.25, 0.3) is 0 Å². The van der Waals surface area contributed by atoms with E-state index in [1.54, 1.807) is 0 Å². The second-order valence-electron chi connectivity index (χ2n) is 4.35. The van der Waals surface area contributed by atoms with Crippen LogP contribution >= 0.6 is 0 Å². The number of aliphatic imine (C=N–C) groups is 1. The molecule has 0 saturated carbocycles. The zero-order chi connectivity index (χ0) is 13.4. The van der Waals surface area contributed by atoms with Gasteiger partial charge in [-0.15, -0.1) is 0 Å². The van der Waals surface area contributed by atoms with Gasteiger partial charge in [-0.1, -0.05) is 30.3 Å². The normalized spacial score (nSPS) is 13.2. The standard InChI is InChI=1S/C14H23N3O/c1-4-15-14(17(2)3)16-11-10-13(18)12-8-6-5-7-9-12/h5-9,13,18H,4,10-11H2,1-3H3,(H,15,16). The van der Waals surface area contributed by atoms with E-state index in [-0.39, 0.29) is 0 Å². The van der Waals surface area contributed by atoms with Crippen molar-refractivity contribution in [3.05, 3.63) is 35.9 Å². The van der Waals surface area contributed by atoms with Gasteiger partial charge >= 0.3 is 0 Å². The lowest BCUT2D eigenvalue weighted by atomic mass is 10.1. The van der Waals surface area contributed by atoms with E-state index in [1.807, 2.05) is 56.3 Å². The van der Waals surface area contributed by atoms with Crippen molar-refractivity contribution in [1.82, 2.24) is 10.2 Å². The van der Waals surface area contributed by atoms with Crippen molar-refractivity contribution in [3.63, 3.8) is 0 Å². The van der Waals surface area contributed by atoms with Gasteiger partial charge in [0, 0.05) is 27.2 Å². The summed E-state index contributed by atoms with van der Waals surface area (Å²) in [6, 6.07) is 9.69. The van der Waals surface area contributed by atoms with Crippen LogP contribution in [0, 0.1) is 0 Å². The van der Waals surface area contributed by atoms with Crippen LogP contribution in [-0.2, 0) is 0 Å². The van der Waals surface area contributed by atoms with Crippen LogP contribution in [0.15, 0.2) is 35.3 Å². The Kier molecular flexibility index (Phi) is 6.22. The van der Waals surface area contributed by atoms with E-state index in [0.717, 1.165) is 18.1 Å². The number of guanidine groups is 1. The fourth-order valence-corrected chi connectivity index (χ4v) is 1.65. The van der Waals surface area contributed by atoms with E-state index in [4.69, 9.17) is 0 Å². The molecule has 18 heavy (non-hydrogen) atoms. The molecular formula is C14H23N3O. The first-order chi connectivity index (χ1) is 8.65. The van der Waals surface area contributed by atoms with Gasteiger partial charge in [-0.2, -0.15) is 0 Å². The van der Waals surface area contributed by atoms with Gasteiger partial charge in [0.1, 0.15) is 0 Å². The number of nitrogens with zero attached hydrogens (tertiary/aromatic N) is 2. The summed E-state index contributed by atoms with van der Waals surface area (Å²) >= 11 is 0. The lowest BCUT2D eigenvalue weighted by molar-refractivity contribution is 0.170. The largest absolute Gasteiger partial charge is 0.388 e. The van der Waals surface area contributed by atoms with E-state index in [0.29, 0.717) is 13.0 Å². The summed E-state index contributed by atoms with van der Waals surface area (Å²) in [4.78, 5) is 6.39. The molecule has 1 rings (SSSR count). The minimum atomic E-state index is -0.444. The molecule has 0 aliphatic rings. The predicted octanol–water partition coefficient (Wildman–Crippen LogP) is 1.64. The summed E-state index contributed by atoms with van der Waals surface area (Å²) < 4.78 is 0. The lowest BCUT2D eigenvalue weighted by Gasteiger charge is -2.17. The van der Waals surface area contributed by atoms with E-state index in [9.17, 15) is 5.11 Å². The molecule has 0 aromatic heterocycles. The van der Waals surface area contributed by atoms with Gasteiger partial charge in [0.15, 0.2) is 5.96 Å². The highest BCUT2D eigenvalue weighted by Crippen LogP contribution is 2.15. The number of nitrogens with one attached hydrogen (secondary N) is 1. The third-order valence-corrected chi connectivity index (χ3v) is 2.61. The van der Waals surface area contributed by atoms with E-state index in [2.05, 4.69) is 10.3 Å². The van der Waals surface area contributed by atoms with Crippen LogP contribution in [0.4, 0.5) is 0 Å². The monoisotopic (exact) mass is 249 g/mol. The predicted molar refractivity (Wildman–Crippen MR) is 75.7 cm³/mol. The van der Waals surface area contributed by atoms with Crippen molar-refractivity contribution in [3.8, 4) is 0 Å². The summed E-state index contributed by atoms with van der Waals surface area (Å²) in [5.41, 5.74) is 0.947. The minimum Gasteiger partial charge on any atom is -0.388 e. The minimum absolute atomic E-state index is 0.444. The fourth-order valence-electron chi connectivity index (χ4n) is 1.65. The maximum atomic E-state index is 10.00. The van der Waals surface area contributed by atoms with Crippen LogP contribution in [0.5, 0.6) is 0 Å². The zero-order valence-electron chi connectivity index (χ0n) is 11.4. The Labute approximate surface area is 109 Å². The van der Waals surface area contributed by atoms with Crippen molar-refractivity contribution in [2.24, 2.45) is 4.99 Å². The highest BCUT2D eigenvalue weighted by molar-refractivity contribution is 5.79. The maximum absolute atomic E-state index is 10.00. The number of rotatable bonds is 5. The molecule has 4 heteroatoms. The number of aliphatic hydroxyl groups is 1. The Morgan fingerprint density at radius 3 is 2.56 bits per heavy atom. The molecule has 100 valence electrons. The van der Waals surface area contributed by atoms with E-state index < -0.39 is 6.10 Å². The molecule has 0 radical (unpaired) electrons. The lowest BCUT2D eigenvalue weighted by Crippen LogP contribution is -2.36. The first kappa shape index (κ1) is 14.5. The highest BCUT2D eigenvalue weighted by Gasteiger charge is 2.06. The second kappa shape index (κ2) is 7.71. The number of hydrogen-bond donors (Lipinski definition) is 2. The van der Waals surface area contributed by atoms with Gasteiger partial charge < -0.3 is 15.3 Å². The topological polar surface area (TPSA) is 47.9 Å². The molecule has 0 spiro atoms. The molecule has 0 amide bonds. The van der Waals surface area contributed by atoms with Crippen molar-refractivity contribution in [1.29, 1.82) is 0 Å². The van der Waals surface area contributed by atoms with E-state index >= 15 is 0 Å². The van der Waals surface area contributed by atoms with Crippen molar-refractivity contribution < 1.29 is 5.11 Å². The van der Waals surface area contributed by atoms with Gasteiger partial charge in [0.25, 0.3) is 0 Å². The average molecular weight is 249 g/mol. The molecular weight excluding hydrogens is 226 g/mol. The molecule has 1 aromatic carbocycles.